The van der Waals surface area contributed by atoms with Gasteiger partial charge in [0.05, 0.1) is 13.5 Å². The quantitative estimate of drug-likeness (QED) is 0.628. The summed E-state index contributed by atoms with van der Waals surface area (Å²) < 4.78 is 4.91. The largest absolute Gasteiger partial charge is 0.504 e. The van der Waals surface area contributed by atoms with Crippen molar-refractivity contribution >= 4 is 5.97 Å². The smallest absolute Gasteiger partial charge is 0.304 e. The van der Waals surface area contributed by atoms with Crippen molar-refractivity contribution in [2.45, 2.75) is 13.0 Å². The Morgan fingerprint density at radius 1 is 1.50 bits per heavy atom. The summed E-state index contributed by atoms with van der Waals surface area (Å²) in [7, 11) is 1.49. The number of carboxylic acid groups (broad SMARTS) is 1. The number of phenols is 1. The molecule has 88 valence electrons. The van der Waals surface area contributed by atoms with Crippen molar-refractivity contribution in [2.24, 2.45) is 0 Å². The number of nitrogens with one attached hydrogen (secondary N) is 1. The zero-order chi connectivity index (χ0) is 12.0. The Kier molecular flexibility index (Phi) is 4.60. The average molecular weight is 225 g/mol. The zero-order valence-electron chi connectivity index (χ0n) is 9.06. The molecule has 0 heterocycles. The summed E-state index contributed by atoms with van der Waals surface area (Å²) in [6.07, 6.45) is 0.0855. The van der Waals surface area contributed by atoms with Crippen LogP contribution in [0.1, 0.15) is 12.0 Å². The van der Waals surface area contributed by atoms with Gasteiger partial charge in [-0.2, -0.15) is 0 Å². The number of benzene rings is 1. The van der Waals surface area contributed by atoms with E-state index in [1.807, 2.05) is 6.07 Å². The van der Waals surface area contributed by atoms with Gasteiger partial charge in [-0.1, -0.05) is 6.07 Å². The molecule has 0 aromatic heterocycles. The second kappa shape index (κ2) is 5.97. The molecule has 1 rings (SSSR count). The summed E-state index contributed by atoms with van der Waals surface area (Å²) >= 11 is 0. The first-order valence-corrected chi connectivity index (χ1v) is 4.92. The molecule has 0 fully saturated rings. The molecule has 1 aromatic carbocycles. The molecule has 3 N–H and O–H groups in total. The predicted molar refractivity (Wildman–Crippen MR) is 58.6 cm³/mol. The predicted octanol–water partition coefficient (Wildman–Crippen LogP) is 0.965. The number of hydrogen-bond acceptors (Lipinski definition) is 4. The van der Waals surface area contributed by atoms with E-state index in [1.165, 1.54) is 7.11 Å². The first-order chi connectivity index (χ1) is 7.63. The van der Waals surface area contributed by atoms with Gasteiger partial charge in [0.2, 0.25) is 0 Å². The fourth-order valence-electron chi connectivity index (χ4n) is 1.27. The molecule has 0 aliphatic carbocycles. The van der Waals surface area contributed by atoms with E-state index in [4.69, 9.17) is 9.84 Å². The van der Waals surface area contributed by atoms with Gasteiger partial charge in [-0.15, -0.1) is 0 Å². The highest BCUT2D eigenvalue weighted by molar-refractivity contribution is 5.66. The van der Waals surface area contributed by atoms with Crippen LogP contribution in [-0.2, 0) is 11.3 Å². The van der Waals surface area contributed by atoms with Crippen LogP contribution in [0.15, 0.2) is 18.2 Å². The third-order valence-corrected chi connectivity index (χ3v) is 2.09. The summed E-state index contributed by atoms with van der Waals surface area (Å²) in [6.45, 7) is 0.924. The van der Waals surface area contributed by atoms with E-state index >= 15 is 0 Å². The van der Waals surface area contributed by atoms with Crippen molar-refractivity contribution in [3.63, 3.8) is 0 Å². The minimum Gasteiger partial charge on any atom is -0.504 e. The number of ether oxygens (including phenoxy) is 1. The number of aromatic hydroxyl groups is 1. The van der Waals surface area contributed by atoms with Crippen molar-refractivity contribution in [1.29, 1.82) is 0 Å². The van der Waals surface area contributed by atoms with Gasteiger partial charge in [-0.3, -0.25) is 4.79 Å². The van der Waals surface area contributed by atoms with Gasteiger partial charge in [-0.25, -0.2) is 0 Å². The normalized spacial score (nSPS) is 10.1. The van der Waals surface area contributed by atoms with Crippen LogP contribution in [0.5, 0.6) is 11.5 Å². The Hall–Kier alpha value is -1.75. The lowest BCUT2D eigenvalue weighted by Crippen LogP contribution is -2.17. The molecule has 0 unspecified atom stereocenters. The molecule has 0 bridgehead atoms. The Labute approximate surface area is 93.7 Å². The van der Waals surface area contributed by atoms with E-state index in [-0.39, 0.29) is 12.2 Å². The lowest BCUT2D eigenvalue weighted by atomic mass is 10.2. The van der Waals surface area contributed by atoms with Crippen LogP contribution >= 0.6 is 0 Å². The molecule has 0 saturated carbocycles. The number of phenolic OH excluding ortho intramolecular Hbond substituents is 1. The number of rotatable bonds is 6. The SMILES string of the molecule is COc1ccc(CNCCC(=O)O)cc1O. The van der Waals surface area contributed by atoms with E-state index in [0.29, 0.717) is 18.8 Å². The van der Waals surface area contributed by atoms with Crippen molar-refractivity contribution in [2.75, 3.05) is 13.7 Å². The van der Waals surface area contributed by atoms with E-state index in [1.54, 1.807) is 12.1 Å². The third kappa shape index (κ3) is 3.78. The molecule has 0 spiro atoms. The Balaban J connectivity index is 2.43. The molecule has 0 amide bonds. The summed E-state index contributed by atoms with van der Waals surface area (Å²) in [5.41, 5.74) is 0.878. The monoisotopic (exact) mass is 225 g/mol. The third-order valence-electron chi connectivity index (χ3n) is 2.09. The lowest BCUT2D eigenvalue weighted by molar-refractivity contribution is -0.136. The molecular weight excluding hydrogens is 210 g/mol. The second-order valence-electron chi connectivity index (χ2n) is 3.33. The van der Waals surface area contributed by atoms with Gasteiger partial charge in [-0.05, 0) is 17.7 Å². The molecule has 0 saturated heterocycles. The van der Waals surface area contributed by atoms with Crippen LogP contribution in [0.25, 0.3) is 0 Å². The van der Waals surface area contributed by atoms with Crippen LogP contribution in [0, 0.1) is 0 Å². The Morgan fingerprint density at radius 3 is 2.81 bits per heavy atom. The minimum absolute atomic E-state index is 0.0834. The van der Waals surface area contributed by atoms with Crippen molar-refractivity contribution in [3.05, 3.63) is 23.8 Å². The van der Waals surface area contributed by atoms with Crippen molar-refractivity contribution < 1.29 is 19.7 Å². The molecule has 5 heteroatoms. The van der Waals surface area contributed by atoms with Crippen LogP contribution in [0.2, 0.25) is 0 Å². The van der Waals surface area contributed by atoms with Crippen molar-refractivity contribution in [1.82, 2.24) is 5.32 Å². The van der Waals surface area contributed by atoms with Gasteiger partial charge in [0.1, 0.15) is 0 Å². The first kappa shape index (κ1) is 12.3. The summed E-state index contributed by atoms with van der Waals surface area (Å²) in [5.74, 6) is -0.320. The number of aliphatic carboxylic acids is 1. The summed E-state index contributed by atoms with van der Waals surface area (Å²) in [5, 5.41) is 20.9. The molecule has 0 aliphatic rings. The highest BCUT2D eigenvalue weighted by atomic mass is 16.5. The van der Waals surface area contributed by atoms with Crippen LogP contribution in [-0.4, -0.2) is 29.8 Å². The van der Waals surface area contributed by atoms with E-state index in [2.05, 4.69) is 5.32 Å². The minimum atomic E-state index is -0.829. The maximum absolute atomic E-state index is 10.3. The fourth-order valence-corrected chi connectivity index (χ4v) is 1.27. The molecule has 0 radical (unpaired) electrons. The van der Waals surface area contributed by atoms with Gasteiger partial charge < -0.3 is 20.3 Å². The summed E-state index contributed by atoms with van der Waals surface area (Å²) in [4.78, 5) is 10.3. The maximum Gasteiger partial charge on any atom is 0.304 e. The van der Waals surface area contributed by atoms with Crippen LogP contribution in [0.4, 0.5) is 0 Å². The Morgan fingerprint density at radius 2 is 2.25 bits per heavy atom. The fraction of sp³-hybridized carbons (Fsp3) is 0.364. The van der Waals surface area contributed by atoms with Gasteiger partial charge in [0, 0.05) is 13.1 Å². The van der Waals surface area contributed by atoms with Gasteiger partial charge in [0.25, 0.3) is 0 Å². The number of hydrogen-bond donors (Lipinski definition) is 3. The molecule has 0 aliphatic heterocycles. The van der Waals surface area contributed by atoms with Crippen LogP contribution < -0.4 is 10.1 Å². The number of carbonyl (C=O) groups is 1. The Bertz CT molecular complexity index is 365. The highest BCUT2D eigenvalue weighted by Crippen LogP contribution is 2.25. The maximum atomic E-state index is 10.3. The van der Waals surface area contributed by atoms with E-state index < -0.39 is 5.97 Å². The average Bonchev–Trinajstić information content (AvgIpc) is 2.24. The van der Waals surface area contributed by atoms with Gasteiger partial charge in [0.15, 0.2) is 11.5 Å². The zero-order valence-corrected chi connectivity index (χ0v) is 9.06. The lowest BCUT2D eigenvalue weighted by Gasteiger charge is -2.06. The number of carboxylic acids is 1. The van der Waals surface area contributed by atoms with Gasteiger partial charge >= 0.3 is 5.97 Å². The number of methoxy groups -OCH3 is 1. The van der Waals surface area contributed by atoms with E-state index in [0.717, 1.165) is 5.56 Å². The van der Waals surface area contributed by atoms with Crippen molar-refractivity contribution in [3.8, 4) is 11.5 Å². The first-order valence-electron chi connectivity index (χ1n) is 4.92. The highest BCUT2D eigenvalue weighted by Gasteiger charge is 2.02. The molecule has 1 aromatic rings. The molecular formula is C11H15NO4. The second-order valence-corrected chi connectivity index (χ2v) is 3.33. The van der Waals surface area contributed by atoms with E-state index in [9.17, 15) is 9.90 Å². The standard InChI is InChI=1S/C11H15NO4/c1-16-10-3-2-8(6-9(10)13)7-12-5-4-11(14)15/h2-3,6,12-13H,4-5,7H2,1H3,(H,14,15). The molecule has 0 atom stereocenters. The molecule has 16 heavy (non-hydrogen) atoms. The van der Waals surface area contributed by atoms with Crippen LogP contribution in [0.3, 0.4) is 0 Å². The molecule has 5 nitrogen and oxygen atoms in total. The topological polar surface area (TPSA) is 78.8 Å². The summed E-state index contributed by atoms with van der Waals surface area (Å²) in [6, 6.07) is 5.07.